The Morgan fingerprint density at radius 2 is 2.07 bits per heavy atom. The third kappa shape index (κ3) is 8.06. The Balaban J connectivity index is 2.09. The maximum absolute atomic E-state index is 11.9. The van der Waals surface area contributed by atoms with Crippen LogP contribution in [-0.2, 0) is 16.0 Å². The highest BCUT2D eigenvalue weighted by atomic mass is 35.5. The predicted octanol–water partition coefficient (Wildman–Crippen LogP) is 4.93. The Morgan fingerprint density at radius 3 is 2.72 bits per heavy atom. The van der Waals surface area contributed by atoms with E-state index in [-0.39, 0.29) is 5.28 Å². The summed E-state index contributed by atoms with van der Waals surface area (Å²) in [5, 5.41) is 3.82. The largest absolute Gasteiger partial charge is 0.501 e. The van der Waals surface area contributed by atoms with Crippen molar-refractivity contribution in [3.8, 4) is 0 Å². The Kier molecular flexibility index (Phi) is 7.71. The van der Waals surface area contributed by atoms with Gasteiger partial charge in [0.25, 0.3) is 0 Å². The number of nitrogens with one attached hydrogen (secondary N) is 1. The fourth-order valence-electron chi connectivity index (χ4n) is 2.55. The topological polar surface area (TPSA) is 78.3 Å². The molecule has 9 heteroatoms. The van der Waals surface area contributed by atoms with Crippen LogP contribution < -0.4 is 5.32 Å². The summed E-state index contributed by atoms with van der Waals surface area (Å²) in [5.41, 5.74) is 1.07. The minimum Gasteiger partial charge on any atom is -0.501 e. The lowest BCUT2D eigenvalue weighted by molar-refractivity contribution is 0.0526. The number of nitrogens with zero attached hydrogens (tertiary/aromatic N) is 3. The van der Waals surface area contributed by atoms with Crippen LogP contribution in [0.5, 0.6) is 0 Å². The van der Waals surface area contributed by atoms with Crippen LogP contribution in [0.15, 0.2) is 18.5 Å². The number of hydrogen-bond acceptors (Lipinski definition) is 5. The van der Waals surface area contributed by atoms with Crippen LogP contribution in [-0.4, -0.2) is 47.5 Å². The third-order valence-corrected chi connectivity index (χ3v) is 5.83. The Labute approximate surface area is 178 Å². The number of rotatable bonds is 8. The first kappa shape index (κ1) is 23.2. The van der Waals surface area contributed by atoms with Gasteiger partial charge < -0.3 is 19.4 Å². The van der Waals surface area contributed by atoms with Gasteiger partial charge in [0.2, 0.25) is 5.28 Å². The molecule has 0 aliphatic rings. The molecule has 0 aliphatic carbocycles. The second-order valence-corrected chi connectivity index (χ2v) is 15.0. The fraction of sp³-hybridized carbons (Fsp3) is 0.550. The molecule has 1 N–H and O–H groups in total. The summed E-state index contributed by atoms with van der Waals surface area (Å²) in [5.74, 6) is 0. The molecule has 0 aliphatic heterocycles. The van der Waals surface area contributed by atoms with Crippen LogP contribution in [0.25, 0.3) is 17.1 Å². The molecule has 2 aromatic heterocycles. The zero-order valence-electron chi connectivity index (χ0n) is 18.1. The first-order valence-corrected chi connectivity index (χ1v) is 13.8. The van der Waals surface area contributed by atoms with Crippen molar-refractivity contribution in [2.24, 2.45) is 0 Å². The van der Waals surface area contributed by atoms with Crippen LogP contribution in [0.4, 0.5) is 4.79 Å². The van der Waals surface area contributed by atoms with Gasteiger partial charge in [0.15, 0.2) is 0 Å². The molecular weight excluding hydrogens is 408 g/mol. The second kappa shape index (κ2) is 9.62. The molecule has 0 saturated heterocycles. The number of ether oxygens (including phenoxy) is 2. The quantitative estimate of drug-likeness (QED) is 0.273. The van der Waals surface area contributed by atoms with E-state index in [1.54, 1.807) is 12.5 Å². The van der Waals surface area contributed by atoms with Gasteiger partial charge in [-0.2, -0.15) is 4.98 Å². The monoisotopic (exact) mass is 438 g/mol. The van der Waals surface area contributed by atoms with E-state index >= 15 is 0 Å². The number of aromatic nitrogens is 3. The molecule has 7 nitrogen and oxygen atoms in total. The molecule has 2 heterocycles. The average molecular weight is 439 g/mol. The number of halogens is 1. The molecule has 2 rings (SSSR count). The van der Waals surface area contributed by atoms with E-state index in [0.717, 1.165) is 17.1 Å². The molecule has 160 valence electrons. The minimum atomic E-state index is -1.12. The van der Waals surface area contributed by atoms with Gasteiger partial charge in [0.1, 0.15) is 11.2 Å². The minimum absolute atomic E-state index is 0.180. The van der Waals surface area contributed by atoms with Crippen LogP contribution in [0, 0.1) is 0 Å². The normalized spacial score (nSPS) is 12.5. The fourth-order valence-corrected chi connectivity index (χ4v) is 3.41. The van der Waals surface area contributed by atoms with Crippen molar-refractivity contribution in [3.05, 3.63) is 29.5 Å². The Hall–Kier alpha value is -2.06. The first-order valence-electron chi connectivity index (χ1n) is 9.71. The highest BCUT2D eigenvalue weighted by molar-refractivity contribution is 6.76. The summed E-state index contributed by atoms with van der Waals surface area (Å²) in [4.78, 5) is 20.3. The van der Waals surface area contributed by atoms with Crippen molar-refractivity contribution in [2.75, 3.05) is 13.2 Å². The number of carbonyl (C=O) groups is 1. The number of alkyl carbamates (subject to hydrolysis) is 1. The van der Waals surface area contributed by atoms with Gasteiger partial charge in [-0.3, -0.25) is 0 Å². The number of carbonyl (C=O) groups excluding carboxylic acids is 1. The summed E-state index contributed by atoms with van der Waals surface area (Å²) < 4.78 is 12.9. The van der Waals surface area contributed by atoms with Crippen molar-refractivity contribution in [1.29, 1.82) is 0 Å². The zero-order valence-corrected chi connectivity index (χ0v) is 19.8. The summed E-state index contributed by atoms with van der Waals surface area (Å²) in [7, 11) is -1.12. The molecule has 2 aromatic rings. The third-order valence-electron chi connectivity index (χ3n) is 3.95. The van der Waals surface area contributed by atoms with Crippen molar-refractivity contribution in [1.82, 2.24) is 19.9 Å². The molecule has 0 aromatic carbocycles. The van der Waals surface area contributed by atoms with Crippen molar-refractivity contribution < 1.29 is 14.3 Å². The predicted molar refractivity (Wildman–Crippen MR) is 120 cm³/mol. The lowest BCUT2D eigenvalue weighted by Gasteiger charge is -2.19. The molecule has 0 fully saturated rings. The highest BCUT2D eigenvalue weighted by Crippen LogP contribution is 2.20. The van der Waals surface area contributed by atoms with E-state index in [4.69, 9.17) is 21.1 Å². The van der Waals surface area contributed by atoms with Crippen molar-refractivity contribution >= 4 is 42.9 Å². The SMILES string of the molecule is CC(C)(C)OC(=O)NCCn1c(C=COCC[Si](C)(C)C)cc2cnc(Cl)nc21. The number of hydrogen-bond donors (Lipinski definition) is 1. The number of fused-ring (bicyclic) bond motifs is 1. The van der Waals surface area contributed by atoms with Gasteiger partial charge in [0.05, 0.1) is 12.9 Å². The van der Waals surface area contributed by atoms with Gasteiger partial charge in [0, 0.05) is 38.4 Å². The molecule has 0 saturated carbocycles. The lowest BCUT2D eigenvalue weighted by Crippen LogP contribution is -2.34. The highest BCUT2D eigenvalue weighted by Gasteiger charge is 2.16. The Bertz CT molecular complexity index is 869. The molecule has 0 atom stereocenters. The van der Waals surface area contributed by atoms with Gasteiger partial charge in [-0.05, 0) is 50.6 Å². The molecule has 0 radical (unpaired) electrons. The van der Waals surface area contributed by atoms with Gasteiger partial charge in [-0.25, -0.2) is 9.78 Å². The Morgan fingerprint density at radius 1 is 1.34 bits per heavy atom. The maximum Gasteiger partial charge on any atom is 0.407 e. The summed E-state index contributed by atoms with van der Waals surface area (Å²) in [6, 6.07) is 3.07. The van der Waals surface area contributed by atoms with Crippen LogP contribution in [0.1, 0.15) is 26.5 Å². The van der Waals surface area contributed by atoms with Crippen molar-refractivity contribution in [2.45, 2.75) is 58.6 Å². The van der Waals surface area contributed by atoms with Gasteiger partial charge in [-0.15, -0.1) is 0 Å². The van der Waals surface area contributed by atoms with Crippen LogP contribution in [0.3, 0.4) is 0 Å². The van der Waals surface area contributed by atoms with Crippen LogP contribution in [0.2, 0.25) is 31.0 Å². The molecule has 1 amide bonds. The lowest BCUT2D eigenvalue weighted by atomic mass is 10.2. The molecule has 0 unspecified atom stereocenters. The van der Waals surface area contributed by atoms with Crippen molar-refractivity contribution in [3.63, 3.8) is 0 Å². The smallest absolute Gasteiger partial charge is 0.407 e. The number of amides is 1. The molecular formula is C20H31ClN4O3Si. The average Bonchev–Trinajstić information content (AvgIpc) is 2.89. The van der Waals surface area contributed by atoms with Crippen LogP contribution >= 0.6 is 11.6 Å². The molecule has 0 spiro atoms. The molecule has 29 heavy (non-hydrogen) atoms. The van der Waals surface area contributed by atoms with Gasteiger partial charge >= 0.3 is 6.09 Å². The summed E-state index contributed by atoms with van der Waals surface area (Å²) in [6.07, 6.45) is 4.84. The van der Waals surface area contributed by atoms with E-state index < -0.39 is 19.8 Å². The first-order chi connectivity index (χ1) is 13.4. The zero-order chi connectivity index (χ0) is 21.7. The summed E-state index contributed by atoms with van der Waals surface area (Å²) >= 11 is 5.98. The van der Waals surface area contributed by atoms with E-state index in [9.17, 15) is 4.79 Å². The summed E-state index contributed by atoms with van der Waals surface area (Å²) in [6.45, 7) is 14.0. The van der Waals surface area contributed by atoms with E-state index in [2.05, 4.69) is 34.9 Å². The second-order valence-electron chi connectivity index (χ2n) is 9.05. The van der Waals surface area contributed by atoms with E-state index in [1.807, 2.05) is 37.5 Å². The van der Waals surface area contributed by atoms with Gasteiger partial charge in [-0.1, -0.05) is 19.6 Å². The standard InChI is InChI=1S/C20H31ClN4O3Si/c1-20(2,3)28-19(26)22-8-9-25-16(7-10-27-11-12-29(4,5)6)13-15-14-23-18(21)24-17(15)25/h7,10,13-14H,8-9,11-12H2,1-6H3,(H,22,26). The molecule has 0 bridgehead atoms. The van der Waals surface area contributed by atoms with E-state index in [1.165, 1.54) is 0 Å². The van der Waals surface area contributed by atoms with E-state index in [0.29, 0.717) is 25.3 Å². The maximum atomic E-state index is 11.9.